The number of rotatable bonds is 7. The number of carbonyl (C=O) groups is 1. The van der Waals surface area contributed by atoms with Crippen LogP contribution in [0.1, 0.15) is 44.6 Å². The van der Waals surface area contributed by atoms with Gasteiger partial charge in [0.1, 0.15) is 17.2 Å². The molecule has 0 bridgehead atoms. The number of methoxy groups -OCH3 is 1. The predicted molar refractivity (Wildman–Crippen MR) is 170 cm³/mol. The zero-order valence-electron chi connectivity index (χ0n) is 23.6. The fourth-order valence-electron chi connectivity index (χ4n) is 4.57. The van der Waals surface area contributed by atoms with E-state index in [1.54, 1.807) is 31.4 Å². The first-order valence-corrected chi connectivity index (χ1v) is 13.3. The van der Waals surface area contributed by atoms with Crippen molar-refractivity contribution >= 4 is 35.9 Å². The molecule has 0 heterocycles. The van der Waals surface area contributed by atoms with Gasteiger partial charge in [-0.3, -0.25) is 4.79 Å². The van der Waals surface area contributed by atoms with Crippen LogP contribution in [0.3, 0.4) is 0 Å². The number of nitrogens with zero attached hydrogens (tertiary/aromatic N) is 1. The molecule has 0 radical (unpaired) electrons. The number of benzene rings is 4. The molecule has 5 nitrogen and oxygen atoms in total. The van der Waals surface area contributed by atoms with Crippen LogP contribution in [0.4, 0.5) is 0 Å². The van der Waals surface area contributed by atoms with Crippen LogP contribution >= 0.6 is 12.4 Å². The first kappa shape index (κ1) is 31.2. The first-order chi connectivity index (χ1) is 19.4. The summed E-state index contributed by atoms with van der Waals surface area (Å²) >= 11 is 0. The Kier molecular flexibility index (Phi) is 11.3. The highest BCUT2D eigenvalue weighted by molar-refractivity contribution is 6.00. The fraction of sp³-hybridized carbons (Fsp3) is 0.171. The third-order valence-electron chi connectivity index (χ3n) is 6.67. The van der Waals surface area contributed by atoms with E-state index in [9.17, 15) is 15.0 Å². The summed E-state index contributed by atoms with van der Waals surface area (Å²) in [6.45, 7) is 1.07. The molecule has 0 aliphatic heterocycles. The summed E-state index contributed by atoms with van der Waals surface area (Å²) in [5.74, 6) is 0.239. The number of ether oxygens (including phenoxy) is 1. The summed E-state index contributed by atoms with van der Waals surface area (Å²) in [6.07, 6.45) is 8.07. The third-order valence-corrected chi connectivity index (χ3v) is 6.67. The molecular weight excluding hydrogens is 534 g/mol. The second kappa shape index (κ2) is 14.9. The normalized spacial score (nSPS) is 11.3. The van der Waals surface area contributed by atoms with E-state index in [-0.39, 0.29) is 41.7 Å². The van der Waals surface area contributed by atoms with E-state index < -0.39 is 0 Å². The summed E-state index contributed by atoms with van der Waals surface area (Å²) < 4.78 is 5.04. The van der Waals surface area contributed by atoms with Crippen LogP contribution in [0, 0.1) is 0 Å². The standard InChI is InChI=1S/C20H21N.C15H14O4.ClH/c1-21(2)15-7-12-20-18-10-5-3-8-16(18)13-14-17-9-4-6-11-19(17)20;1-19-12-5-2-10(3-6-12)8-14(17)13-7-4-11(16)9-15(13)18;/h3-6,8-14H,7,15H2,1-2H3;2-7,9,16,18H,8H2,1H3;1H. The molecule has 0 fully saturated rings. The molecule has 1 aliphatic carbocycles. The van der Waals surface area contributed by atoms with Gasteiger partial charge in [0.05, 0.1) is 12.7 Å². The topological polar surface area (TPSA) is 70.0 Å². The Morgan fingerprint density at radius 3 is 1.95 bits per heavy atom. The average Bonchev–Trinajstić information content (AvgIpc) is 3.11. The highest BCUT2D eigenvalue weighted by atomic mass is 35.5. The van der Waals surface area contributed by atoms with Gasteiger partial charge < -0.3 is 19.8 Å². The van der Waals surface area contributed by atoms with Gasteiger partial charge in [0.2, 0.25) is 0 Å². The average molecular weight is 570 g/mol. The van der Waals surface area contributed by atoms with E-state index in [1.165, 1.54) is 40.0 Å². The summed E-state index contributed by atoms with van der Waals surface area (Å²) in [4.78, 5) is 14.3. The first-order valence-electron chi connectivity index (χ1n) is 13.3. The minimum atomic E-state index is -0.210. The van der Waals surface area contributed by atoms with Gasteiger partial charge in [-0.05, 0) is 78.2 Å². The van der Waals surface area contributed by atoms with Crippen molar-refractivity contribution in [1.29, 1.82) is 0 Å². The molecule has 5 rings (SSSR count). The molecule has 6 heteroatoms. The quantitative estimate of drug-likeness (QED) is 0.198. The Morgan fingerprint density at radius 1 is 0.829 bits per heavy atom. The van der Waals surface area contributed by atoms with Crippen LogP contribution in [-0.4, -0.2) is 48.6 Å². The number of ketones is 1. The van der Waals surface area contributed by atoms with Crippen molar-refractivity contribution in [2.45, 2.75) is 12.8 Å². The molecule has 0 saturated carbocycles. The Labute approximate surface area is 248 Å². The van der Waals surface area contributed by atoms with Crippen LogP contribution in [-0.2, 0) is 6.42 Å². The highest BCUT2D eigenvalue weighted by Crippen LogP contribution is 2.34. The van der Waals surface area contributed by atoms with Gasteiger partial charge in [0.15, 0.2) is 5.78 Å². The maximum absolute atomic E-state index is 12.0. The number of aromatic hydroxyl groups is 2. The number of carbonyl (C=O) groups excluding carboxylic acids is 1. The van der Waals surface area contributed by atoms with Gasteiger partial charge in [0, 0.05) is 19.0 Å². The van der Waals surface area contributed by atoms with Crippen LogP contribution in [0.25, 0.3) is 17.7 Å². The summed E-state index contributed by atoms with van der Waals surface area (Å²) in [7, 11) is 5.82. The molecule has 4 aromatic rings. The zero-order valence-corrected chi connectivity index (χ0v) is 24.4. The number of phenolic OH excluding ortho intramolecular Hbond substituents is 2. The minimum absolute atomic E-state index is 0. The van der Waals surface area contributed by atoms with Crippen LogP contribution in [0.2, 0.25) is 0 Å². The van der Waals surface area contributed by atoms with Crippen molar-refractivity contribution in [3.63, 3.8) is 0 Å². The van der Waals surface area contributed by atoms with Gasteiger partial charge in [-0.1, -0.05) is 78.9 Å². The lowest BCUT2D eigenvalue weighted by molar-refractivity contribution is 0.0990. The largest absolute Gasteiger partial charge is 0.508 e. The third kappa shape index (κ3) is 8.34. The lowest BCUT2D eigenvalue weighted by Gasteiger charge is -2.13. The maximum atomic E-state index is 12.0. The summed E-state index contributed by atoms with van der Waals surface area (Å²) in [5, 5.41) is 18.8. The maximum Gasteiger partial charge on any atom is 0.170 e. The number of hydrogen-bond donors (Lipinski definition) is 2. The molecular formula is C35H36ClNO4. The Bertz CT molecular complexity index is 1470. The molecule has 2 N–H and O–H groups in total. The lowest BCUT2D eigenvalue weighted by atomic mass is 9.93. The molecule has 0 unspecified atom stereocenters. The highest BCUT2D eigenvalue weighted by Gasteiger charge is 2.14. The molecule has 0 saturated heterocycles. The van der Waals surface area contributed by atoms with Crippen molar-refractivity contribution in [2.75, 3.05) is 27.7 Å². The van der Waals surface area contributed by atoms with Gasteiger partial charge in [0.25, 0.3) is 0 Å². The van der Waals surface area contributed by atoms with E-state index >= 15 is 0 Å². The van der Waals surface area contributed by atoms with Gasteiger partial charge >= 0.3 is 0 Å². The Morgan fingerprint density at radius 2 is 1.41 bits per heavy atom. The minimum Gasteiger partial charge on any atom is -0.508 e. The van der Waals surface area contributed by atoms with E-state index in [0.29, 0.717) is 0 Å². The van der Waals surface area contributed by atoms with Gasteiger partial charge in [-0.25, -0.2) is 0 Å². The molecule has 4 aromatic carbocycles. The molecule has 41 heavy (non-hydrogen) atoms. The molecule has 212 valence electrons. The SMILES string of the molecule is CN(C)CCC=C1c2ccccc2C=Cc2ccccc21.COc1ccc(CC(=O)c2ccc(O)cc2O)cc1.Cl. The molecule has 1 aliphatic rings. The number of hydrogen-bond acceptors (Lipinski definition) is 5. The van der Waals surface area contributed by atoms with Gasteiger partial charge in [-0.2, -0.15) is 0 Å². The molecule has 0 atom stereocenters. The van der Waals surface area contributed by atoms with Crippen molar-refractivity contribution < 1.29 is 19.7 Å². The number of Topliss-reactive ketones (excluding diaryl/α,β-unsaturated/α-hetero) is 1. The Hall–Kier alpha value is -4.32. The van der Waals surface area contributed by atoms with Crippen molar-refractivity contribution in [3.05, 3.63) is 130 Å². The smallest absolute Gasteiger partial charge is 0.170 e. The van der Waals surface area contributed by atoms with Crippen molar-refractivity contribution in [2.24, 2.45) is 0 Å². The number of halogens is 1. The zero-order chi connectivity index (χ0) is 28.5. The molecule has 0 spiro atoms. The fourth-order valence-corrected chi connectivity index (χ4v) is 4.57. The van der Waals surface area contributed by atoms with E-state index in [2.05, 4.69) is 85.8 Å². The van der Waals surface area contributed by atoms with E-state index in [1.807, 2.05) is 0 Å². The summed E-state index contributed by atoms with van der Waals surface area (Å²) in [6, 6.07) is 28.4. The number of fused-ring (bicyclic) bond motifs is 2. The second-order valence-electron chi connectivity index (χ2n) is 9.87. The van der Waals surface area contributed by atoms with Crippen molar-refractivity contribution in [1.82, 2.24) is 4.90 Å². The monoisotopic (exact) mass is 569 g/mol. The Balaban J connectivity index is 0.000000221. The van der Waals surface area contributed by atoms with Crippen LogP contribution in [0.5, 0.6) is 17.2 Å². The number of phenols is 2. The van der Waals surface area contributed by atoms with E-state index in [4.69, 9.17) is 4.74 Å². The molecule has 0 aromatic heterocycles. The summed E-state index contributed by atoms with van der Waals surface area (Å²) in [5.41, 5.74) is 7.64. The van der Waals surface area contributed by atoms with Crippen molar-refractivity contribution in [3.8, 4) is 17.2 Å². The molecule has 0 amide bonds. The van der Waals surface area contributed by atoms with E-state index in [0.717, 1.165) is 30.3 Å². The van der Waals surface area contributed by atoms with Crippen LogP contribution < -0.4 is 4.74 Å². The second-order valence-corrected chi connectivity index (χ2v) is 9.87. The van der Waals surface area contributed by atoms with Gasteiger partial charge in [-0.15, -0.1) is 12.4 Å². The predicted octanol–water partition coefficient (Wildman–Crippen LogP) is 7.51. The lowest BCUT2D eigenvalue weighted by Crippen LogP contribution is -2.12. The van der Waals surface area contributed by atoms with Crippen LogP contribution in [0.15, 0.2) is 97.1 Å².